The molecule has 198 valence electrons. The molecule has 0 aliphatic carbocycles. The van der Waals surface area contributed by atoms with Crippen molar-refractivity contribution in [1.82, 2.24) is 15.1 Å². The average molecular weight is 546 g/mol. The Balaban J connectivity index is 1.43. The fourth-order valence-electron chi connectivity index (χ4n) is 4.03. The Kier molecular flexibility index (Phi) is 6.93. The molecule has 5 rings (SSSR count). The minimum Gasteiger partial charge on any atom is -0.464 e. The van der Waals surface area contributed by atoms with E-state index in [4.69, 9.17) is 13.6 Å². The van der Waals surface area contributed by atoms with E-state index in [0.29, 0.717) is 11.4 Å². The number of nitrogens with zero attached hydrogens (tertiary/aromatic N) is 4. The second kappa shape index (κ2) is 10.3. The van der Waals surface area contributed by atoms with E-state index in [2.05, 4.69) is 10.2 Å². The highest BCUT2D eigenvalue weighted by molar-refractivity contribution is 7.92. The number of carbonyl (C=O) groups excluding carboxylic acids is 1. The molecule has 1 aliphatic heterocycles. The van der Waals surface area contributed by atoms with Gasteiger partial charge in [-0.05, 0) is 48.5 Å². The van der Waals surface area contributed by atoms with Gasteiger partial charge < -0.3 is 13.7 Å². The zero-order valence-electron chi connectivity index (χ0n) is 19.9. The van der Waals surface area contributed by atoms with E-state index >= 15 is 4.39 Å². The summed E-state index contributed by atoms with van der Waals surface area (Å²) in [4.78, 5) is 16.4. The largest absolute Gasteiger partial charge is 0.464 e. The minimum absolute atomic E-state index is 0.0673. The number of urea groups is 1. The molecule has 0 atom stereocenters. The number of nitrogens with one attached hydrogen (secondary N) is 1. The smallest absolute Gasteiger partial charge is 0.324 e. The topological polar surface area (TPSA) is 117 Å². The van der Waals surface area contributed by atoms with E-state index in [1.54, 1.807) is 42.7 Å². The lowest BCUT2D eigenvalue weighted by molar-refractivity contribution is 0.116. The van der Waals surface area contributed by atoms with Crippen LogP contribution < -0.4 is 4.90 Å². The van der Waals surface area contributed by atoms with Crippen molar-refractivity contribution in [3.63, 3.8) is 0 Å². The van der Waals surface area contributed by atoms with Crippen LogP contribution in [0.3, 0.4) is 0 Å². The number of anilines is 1. The first kappa shape index (κ1) is 25.5. The first-order valence-corrected chi connectivity index (χ1v) is 13.4. The summed E-state index contributed by atoms with van der Waals surface area (Å²) < 4.78 is 70.9. The van der Waals surface area contributed by atoms with E-state index in [-0.39, 0.29) is 48.2 Å². The maximum atomic E-state index is 15.2. The SMILES string of the molecule is N=S1(=O)CCN(C(=O)N(Cc2ccc(-c3nnc(C(F)F)o3)cc2F)c2ccc(-c3ccco3)cc2)CC1. The molecule has 13 heteroatoms. The third-order valence-corrected chi connectivity index (χ3v) is 7.81. The fourth-order valence-corrected chi connectivity index (χ4v) is 5.26. The van der Waals surface area contributed by atoms with Crippen molar-refractivity contribution in [1.29, 1.82) is 4.78 Å². The number of hydrogen-bond donors (Lipinski definition) is 1. The molecule has 2 aromatic heterocycles. The van der Waals surface area contributed by atoms with Crippen LogP contribution in [0.2, 0.25) is 0 Å². The number of aromatic nitrogens is 2. The number of amides is 2. The Hall–Kier alpha value is -4.13. The van der Waals surface area contributed by atoms with Crippen LogP contribution in [0.25, 0.3) is 22.8 Å². The first-order valence-electron chi connectivity index (χ1n) is 11.5. The van der Waals surface area contributed by atoms with Crippen LogP contribution in [0.15, 0.2) is 69.7 Å². The van der Waals surface area contributed by atoms with E-state index in [9.17, 15) is 17.8 Å². The lowest BCUT2D eigenvalue weighted by atomic mass is 10.1. The lowest BCUT2D eigenvalue weighted by Crippen LogP contribution is -2.49. The van der Waals surface area contributed by atoms with Crippen molar-refractivity contribution in [2.24, 2.45) is 0 Å². The monoisotopic (exact) mass is 545 g/mol. The van der Waals surface area contributed by atoms with Gasteiger partial charge in [-0.1, -0.05) is 6.07 Å². The predicted octanol–water partition coefficient (Wildman–Crippen LogP) is 5.56. The number of benzene rings is 2. The highest BCUT2D eigenvalue weighted by atomic mass is 32.2. The van der Waals surface area contributed by atoms with Gasteiger partial charge in [-0.15, -0.1) is 10.2 Å². The van der Waals surface area contributed by atoms with E-state index in [0.717, 1.165) is 11.6 Å². The molecular formula is C25H22F3N5O4S. The molecular weight excluding hydrogens is 523 g/mol. The second-order valence-electron chi connectivity index (χ2n) is 8.65. The lowest BCUT2D eigenvalue weighted by Gasteiger charge is -2.34. The Morgan fingerprint density at radius 1 is 1.08 bits per heavy atom. The first-order chi connectivity index (χ1) is 18.2. The molecule has 1 N–H and O–H groups in total. The number of rotatable bonds is 6. The quantitative estimate of drug-likeness (QED) is 0.339. The molecule has 0 saturated carbocycles. The molecule has 0 unspecified atom stereocenters. The van der Waals surface area contributed by atoms with Crippen molar-refractivity contribution in [2.75, 3.05) is 29.5 Å². The predicted molar refractivity (Wildman–Crippen MR) is 133 cm³/mol. The van der Waals surface area contributed by atoms with Crippen LogP contribution in [0.5, 0.6) is 0 Å². The van der Waals surface area contributed by atoms with Gasteiger partial charge in [-0.25, -0.2) is 13.4 Å². The third-order valence-electron chi connectivity index (χ3n) is 6.12. The summed E-state index contributed by atoms with van der Waals surface area (Å²) in [6.07, 6.45) is -1.40. The Labute approximate surface area is 215 Å². The molecule has 4 aromatic rings. The summed E-state index contributed by atoms with van der Waals surface area (Å²) in [5.74, 6) is -1.03. The molecule has 2 aromatic carbocycles. The Morgan fingerprint density at radius 3 is 2.39 bits per heavy atom. The molecule has 9 nitrogen and oxygen atoms in total. The van der Waals surface area contributed by atoms with Gasteiger partial charge in [0.1, 0.15) is 11.6 Å². The maximum Gasteiger partial charge on any atom is 0.324 e. The average Bonchev–Trinajstić information content (AvgIpc) is 3.61. The summed E-state index contributed by atoms with van der Waals surface area (Å²) >= 11 is 0. The number of alkyl halides is 2. The molecule has 0 spiro atoms. The molecule has 0 bridgehead atoms. The van der Waals surface area contributed by atoms with Crippen LogP contribution in [0.1, 0.15) is 17.9 Å². The van der Waals surface area contributed by atoms with Crippen LogP contribution in [0, 0.1) is 10.6 Å². The second-order valence-corrected chi connectivity index (χ2v) is 11.1. The van der Waals surface area contributed by atoms with Crippen LogP contribution >= 0.6 is 0 Å². The van der Waals surface area contributed by atoms with E-state index in [1.807, 2.05) is 0 Å². The van der Waals surface area contributed by atoms with E-state index in [1.165, 1.54) is 21.9 Å². The number of furan rings is 1. The summed E-state index contributed by atoms with van der Waals surface area (Å²) in [5.41, 5.74) is 1.56. The molecule has 1 fully saturated rings. The van der Waals surface area contributed by atoms with Crippen LogP contribution in [0.4, 0.5) is 23.7 Å². The molecule has 3 heterocycles. The van der Waals surface area contributed by atoms with Gasteiger partial charge in [0.15, 0.2) is 0 Å². The van der Waals surface area contributed by atoms with Gasteiger partial charge in [0.2, 0.25) is 5.89 Å². The minimum atomic E-state index is -2.95. The molecule has 2 amide bonds. The highest BCUT2D eigenvalue weighted by Crippen LogP contribution is 2.28. The Bertz CT molecular complexity index is 1530. The van der Waals surface area contributed by atoms with Gasteiger partial charge >= 0.3 is 12.5 Å². The number of halogens is 3. The van der Waals surface area contributed by atoms with Crippen molar-refractivity contribution in [2.45, 2.75) is 13.0 Å². The third kappa shape index (κ3) is 5.42. The van der Waals surface area contributed by atoms with Crippen LogP contribution in [-0.2, 0) is 16.3 Å². The van der Waals surface area contributed by atoms with Crippen LogP contribution in [-0.4, -0.2) is 49.9 Å². The number of hydrogen-bond acceptors (Lipinski definition) is 7. The standard InChI is InChI=1S/C25H22F3N5O4S/c26-20-14-17(23-30-31-24(37-23)22(27)28)3-4-18(20)15-33(25(34)32-9-12-38(29,35)13-10-32)19-7-5-16(6-8-19)21-2-1-11-36-21/h1-8,11,14,22,29H,9-10,12-13,15H2. The summed E-state index contributed by atoms with van der Waals surface area (Å²) in [5, 5.41) is 6.79. The fraction of sp³-hybridized carbons (Fsp3) is 0.240. The molecule has 38 heavy (non-hydrogen) atoms. The van der Waals surface area contributed by atoms with Gasteiger partial charge in [0, 0.05) is 56.7 Å². The van der Waals surface area contributed by atoms with Gasteiger partial charge in [0.05, 0.1) is 12.8 Å². The maximum absolute atomic E-state index is 15.2. The van der Waals surface area contributed by atoms with Crippen molar-refractivity contribution in [3.05, 3.63) is 78.1 Å². The van der Waals surface area contributed by atoms with Gasteiger partial charge in [-0.2, -0.15) is 8.78 Å². The Morgan fingerprint density at radius 2 is 1.79 bits per heavy atom. The zero-order chi connectivity index (χ0) is 26.9. The van der Waals surface area contributed by atoms with Crippen molar-refractivity contribution >= 4 is 21.4 Å². The summed E-state index contributed by atoms with van der Waals surface area (Å²) in [6, 6.07) is 14.1. The summed E-state index contributed by atoms with van der Waals surface area (Å²) in [7, 11) is -2.72. The molecule has 0 radical (unpaired) electrons. The number of carbonyl (C=O) groups is 1. The highest BCUT2D eigenvalue weighted by Gasteiger charge is 2.28. The van der Waals surface area contributed by atoms with Crippen molar-refractivity contribution in [3.8, 4) is 22.8 Å². The van der Waals surface area contributed by atoms with Crippen molar-refractivity contribution < 1.29 is 31.0 Å². The van der Waals surface area contributed by atoms with Gasteiger partial charge in [0.25, 0.3) is 5.89 Å². The normalized spacial score (nSPS) is 15.1. The summed E-state index contributed by atoms with van der Waals surface area (Å²) in [6.45, 7) is 0.143. The zero-order valence-corrected chi connectivity index (χ0v) is 20.7. The molecule has 1 saturated heterocycles. The van der Waals surface area contributed by atoms with E-state index < -0.39 is 33.9 Å². The van der Waals surface area contributed by atoms with Gasteiger partial charge in [-0.3, -0.25) is 9.68 Å². The molecule has 1 aliphatic rings.